The fourth-order valence-electron chi connectivity index (χ4n) is 2.45. The van der Waals surface area contributed by atoms with Crippen LogP contribution < -0.4 is 10.1 Å². The van der Waals surface area contributed by atoms with Gasteiger partial charge in [0.2, 0.25) is 0 Å². The van der Waals surface area contributed by atoms with Gasteiger partial charge in [0.15, 0.2) is 0 Å². The van der Waals surface area contributed by atoms with Crippen molar-refractivity contribution in [2.24, 2.45) is 0 Å². The quantitative estimate of drug-likeness (QED) is 0.610. The molecule has 0 aliphatic rings. The minimum atomic E-state index is -0.0971. The molecule has 5 heteroatoms. The largest absolute Gasteiger partial charge is 0.489 e. The zero-order chi connectivity index (χ0) is 17.8. The molecule has 0 bridgehead atoms. The summed E-state index contributed by atoms with van der Waals surface area (Å²) in [5.74, 6) is 0.650. The van der Waals surface area contributed by atoms with E-state index in [1.54, 1.807) is 12.1 Å². The standard InChI is InChI=1S/C20H18ClNO2S/c1-13-4-3-5-14(2)19(13)22-20(23)18-10-15(12-25-18)11-24-17-8-6-16(21)7-9-17/h3-10,12H,11H2,1-2H3,(H,22,23). The molecule has 128 valence electrons. The maximum atomic E-state index is 12.5. The van der Waals surface area contributed by atoms with Crippen molar-refractivity contribution < 1.29 is 9.53 Å². The summed E-state index contributed by atoms with van der Waals surface area (Å²) in [5.41, 5.74) is 3.94. The monoisotopic (exact) mass is 371 g/mol. The third-order valence-corrected chi connectivity index (χ3v) is 5.05. The van der Waals surface area contributed by atoms with E-state index in [0.717, 1.165) is 28.1 Å². The molecular weight excluding hydrogens is 354 g/mol. The molecule has 3 aromatic rings. The van der Waals surface area contributed by atoms with E-state index in [0.29, 0.717) is 16.5 Å². The molecule has 1 aromatic heterocycles. The predicted molar refractivity (Wildman–Crippen MR) is 104 cm³/mol. The molecule has 1 amide bonds. The smallest absolute Gasteiger partial charge is 0.265 e. The molecular formula is C20H18ClNO2S. The van der Waals surface area contributed by atoms with Gasteiger partial charge >= 0.3 is 0 Å². The zero-order valence-corrected chi connectivity index (χ0v) is 15.6. The van der Waals surface area contributed by atoms with Crippen LogP contribution in [0.25, 0.3) is 0 Å². The van der Waals surface area contributed by atoms with Crippen LogP contribution in [0.4, 0.5) is 5.69 Å². The number of benzene rings is 2. The summed E-state index contributed by atoms with van der Waals surface area (Å²) in [6, 6.07) is 15.0. The summed E-state index contributed by atoms with van der Waals surface area (Å²) in [4.78, 5) is 13.2. The highest BCUT2D eigenvalue weighted by atomic mass is 35.5. The lowest BCUT2D eigenvalue weighted by Crippen LogP contribution is -2.12. The van der Waals surface area contributed by atoms with E-state index in [1.165, 1.54) is 11.3 Å². The van der Waals surface area contributed by atoms with Crippen LogP contribution in [0.2, 0.25) is 5.02 Å². The van der Waals surface area contributed by atoms with Gasteiger partial charge in [0.25, 0.3) is 5.91 Å². The molecule has 3 rings (SSSR count). The number of carbonyl (C=O) groups excluding carboxylic acids is 1. The summed E-state index contributed by atoms with van der Waals surface area (Å²) in [6.07, 6.45) is 0. The van der Waals surface area contributed by atoms with Crippen molar-refractivity contribution >= 4 is 34.5 Å². The van der Waals surface area contributed by atoms with E-state index in [-0.39, 0.29) is 5.91 Å². The normalized spacial score (nSPS) is 10.5. The van der Waals surface area contributed by atoms with E-state index in [4.69, 9.17) is 16.3 Å². The molecule has 0 unspecified atom stereocenters. The highest BCUT2D eigenvalue weighted by molar-refractivity contribution is 7.12. The number of thiophene rings is 1. The number of amides is 1. The number of ether oxygens (including phenoxy) is 1. The Morgan fingerprint density at radius 1 is 1.12 bits per heavy atom. The molecule has 0 radical (unpaired) electrons. The first-order chi connectivity index (χ1) is 12.0. The van der Waals surface area contributed by atoms with E-state index >= 15 is 0 Å². The zero-order valence-electron chi connectivity index (χ0n) is 14.0. The Labute approximate surface area is 156 Å². The van der Waals surface area contributed by atoms with Gasteiger partial charge in [-0.05, 0) is 60.7 Å². The van der Waals surface area contributed by atoms with Crippen molar-refractivity contribution in [3.63, 3.8) is 0 Å². The van der Waals surface area contributed by atoms with Crippen LogP contribution in [-0.2, 0) is 6.61 Å². The number of halogens is 1. The van der Waals surface area contributed by atoms with Crippen molar-refractivity contribution in [3.8, 4) is 5.75 Å². The molecule has 0 saturated carbocycles. The van der Waals surface area contributed by atoms with Crippen molar-refractivity contribution in [1.29, 1.82) is 0 Å². The molecule has 1 N–H and O–H groups in total. The number of anilines is 1. The summed E-state index contributed by atoms with van der Waals surface area (Å²) < 4.78 is 5.71. The van der Waals surface area contributed by atoms with Gasteiger partial charge in [-0.25, -0.2) is 0 Å². The summed E-state index contributed by atoms with van der Waals surface area (Å²) in [7, 11) is 0. The van der Waals surface area contributed by atoms with Crippen LogP contribution >= 0.6 is 22.9 Å². The third kappa shape index (κ3) is 4.41. The lowest BCUT2D eigenvalue weighted by Gasteiger charge is -2.10. The summed E-state index contributed by atoms with van der Waals surface area (Å²) in [6.45, 7) is 4.39. The second-order valence-corrected chi connectivity index (χ2v) is 7.13. The van der Waals surface area contributed by atoms with Gasteiger partial charge in [0, 0.05) is 16.3 Å². The first-order valence-electron chi connectivity index (χ1n) is 7.86. The fraction of sp³-hybridized carbons (Fsp3) is 0.150. The summed E-state index contributed by atoms with van der Waals surface area (Å²) in [5, 5.41) is 5.62. The van der Waals surface area contributed by atoms with E-state index in [9.17, 15) is 4.79 Å². The molecule has 0 saturated heterocycles. The Balaban J connectivity index is 1.64. The molecule has 1 heterocycles. The highest BCUT2D eigenvalue weighted by Crippen LogP contribution is 2.23. The van der Waals surface area contributed by atoms with Gasteiger partial charge in [-0.3, -0.25) is 4.79 Å². The Morgan fingerprint density at radius 2 is 1.80 bits per heavy atom. The maximum Gasteiger partial charge on any atom is 0.265 e. The molecule has 2 aromatic carbocycles. The molecule has 3 nitrogen and oxygen atoms in total. The maximum absolute atomic E-state index is 12.5. The third-order valence-electron chi connectivity index (χ3n) is 3.82. The molecule has 0 fully saturated rings. The molecule has 0 aliphatic carbocycles. The van der Waals surface area contributed by atoms with E-state index < -0.39 is 0 Å². The molecule has 0 aliphatic heterocycles. The Bertz CT molecular complexity index is 867. The number of nitrogens with one attached hydrogen (secondary N) is 1. The SMILES string of the molecule is Cc1cccc(C)c1NC(=O)c1cc(COc2ccc(Cl)cc2)cs1. The number of carbonyl (C=O) groups is 1. The summed E-state index contributed by atoms with van der Waals surface area (Å²) >= 11 is 7.27. The Hall–Kier alpha value is -2.30. The Kier molecular flexibility index (Phi) is 5.41. The number of hydrogen-bond donors (Lipinski definition) is 1. The average molecular weight is 372 g/mol. The van der Waals surface area contributed by atoms with E-state index in [2.05, 4.69) is 5.32 Å². The first kappa shape index (κ1) is 17.5. The second kappa shape index (κ2) is 7.72. The van der Waals surface area contributed by atoms with Crippen molar-refractivity contribution in [1.82, 2.24) is 0 Å². The predicted octanol–water partition coefficient (Wildman–Crippen LogP) is 5.85. The molecule has 25 heavy (non-hydrogen) atoms. The number of hydrogen-bond acceptors (Lipinski definition) is 3. The minimum Gasteiger partial charge on any atom is -0.489 e. The lowest BCUT2D eigenvalue weighted by molar-refractivity contribution is 0.103. The minimum absolute atomic E-state index is 0.0971. The topological polar surface area (TPSA) is 38.3 Å². The van der Waals surface area contributed by atoms with Crippen LogP contribution in [-0.4, -0.2) is 5.91 Å². The van der Waals surface area contributed by atoms with Crippen LogP contribution in [0, 0.1) is 13.8 Å². The van der Waals surface area contributed by atoms with Crippen LogP contribution in [0.3, 0.4) is 0 Å². The van der Waals surface area contributed by atoms with Gasteiger partial charge < -0.3 is 10.1 Å². The van der Waals surface area contributed by atoms with Crippen LogP contribution in [0.15, 0.2) is 53.9 Å². The van der Waals surface area contributed by atoms with Crippen LogP contribution in [0.1, 0.15) is 26.4 Å². The van der Waals surface area contributed by atoms with Crippen molar-refractivity contribution in [2.45, 2.75) is 20.5 Å². The lowest BCUT2D eigenvalue weighted by atomic mass is 10.1. The van der Waals surface area contributed by atoms with Gasteiger partial charge in [-0.15, -0.1) is 11.3 Å². The van der Waals surface area contributed by atoms with E-state index in [1.807, 2.05) is 55.6 Å². The molecule has 0 atom stereocenters. The second-order valence-electron chi connectivity index (χ2n) is 5.78. The highest BCUT2D eigenvalue weighted by Gasteiger charge is 2.12. The van der Waals surface area contributed by atoms with Gasteiger partial charge in [-0.1, -0.05) is 29.8 Å². The fourth-order valence-corrected chi connectivity index (χ4v) is 3.37. The van der Waals surface area contributed by atoms with Gasteiger partial charge in [-0.2, -0.15) is 0 Å². The van der Waals surface area contributed by atoms with Crippen molar-refractivity contribution in [2.75, 3.05) is 5.32 Å². The Morgan fingerprint density at radius 3 is 2.48 bits per heavy atom. The van der Waals surface area contributed by atoms with Gasteiger partial charge in [0.05, 0.1) is 4.88 Å². The number of para-hydroxylation sites is 1. The average Bonchev–Trinajstić information content (AvgIpc) is 3.07. The van der Waals surface area contributed by atoms with Gasteiger partial charge in [0.1, 0.15) is 12.4 Å². The first-order valence-corrected chi connectivity index (χ1v) is 9.12. The van der Waals surface area contributed by atoms with Crippen LogP contribution in [0.5, 0.6) is 5.75 Å². The number of aryl methyl sites for hydroxylation is 2. The van der Waals surface area contributed by atoms with Crippen molar-refractivity contribution in [3.05, 3.63) is 80.5 Å². The molecule has 0 spiro atoms. The number of rotatable bonds is 5.